The predicted octanol–water partition coefficient (Wildman–Crippen LogP) is 2.96. The Morgan fingerprint density at radius 2 is 1.89 bits per heavy atom. The minimum Gasteiger partial charge on any atom is -0.497 e. The zero-order valence-electron chi connectivity index (χ0n) is 10.6. The van der Waals surface area contributed by atoms with Crippen molar-refractivity contribution in [2.45, 2.75) is 6.54 Å². The van der Waals surface area contributed by atoms with Gasteiger partial charge in [0.2, 0.25) is 0 Å². The monoisotopic (exact) mass is 254 g/mol. The number of rotatable bonds is 3. The van der Waals surface area contributed by atoms with E-state index in [4.69, 9.17) is 15.0 Å². The highest BCUT2D eigenvalue weighted by molar-refractivity contribution is 5.87. The van der Waals surface area contributed by atoms with Gasteiger partial charge in [-0.15, -0.1) is 0 Å². The Kier molecular flexibility index (Phi) is 2.93. The van der Waals surface area contributed by atoms with Gasteiger partial charge in [-0.1, -0.05) is 23.4 Å². The molecule has 0 radical (unpaired) electrons. The van der Waals surface area contributed by atoms with Gasteiger partial charge in [0, 0.05) is 11.6 Å². The minimum absolute atomic E-state index is 0.359. The summed E-state index contributed by atoms with van der Waals surface area (Å²) < 4.78 is 10.3. The first kappa shape index (κ1) is 11.7. The van der Waals surface area contributed by atoms with Crippen LogP contribution in [0.4, 0.5) is 0 Å². The molecule has 0 amide bonds. The zero-order chi connectivity index (χ0) is 13.2. The van der Waals surface area contributed by atoms with Crippen LogP contribution in [0.25, 0.3) is 22.0 Å². The fourth-order valence-electron chi connectivity index (χ4n) is 2.06. The van der Waals surface area contributed by atoms with Gasteiger partial charge in [-0.05, 0) is 29.0 Å². The van der Waals surface area contributed by atoms with Crippen LogP contribution in [-0.2, 0) is 6.54 Å². The highest BCUT2D eigenvalue weighted by Gasteiger charge is 2.06. The van der Waals surface area contributed by atoms with Crippen molar-refractivity contribution in [3.8, 4) is 17.0 Å². The summed E-state index contributed by atoms with van der Waals surface area (Å²) >= 11 is 0. The van der Waals surface area contributed by atoms with Crippen LogP contribution in [-0.4, -0.2) is 12.3 Å². The number of methoxy groups -OCH3 is 1. The van der Waals surface area contributed by atoms with Crippen molar-refractivity contribution in [1.29, 1.82) is 0 Å². The van der Waals surface area contributed by atoms with Gasteiger partial charge in [0.1, 0.15) is 11.4 Å². The molecule has 2 N–H and O–H groups in total. The third-order valence-electron chi connectivity index (χ3n) is 3.10. The third kappa shape index (κ3) is 2.18. The Balaban J connectivity index is 2.06. The molecule has 0 aliphatic carbocycles. The van der Waals surface area contributed by atoms with E-state index < -0.39 is 0 Å². The van der Waals surface area contributed by atoms with Crippen LogP contribution >= 0.6 is 0 Å². The lowest BCUT2D eigenvalue weighted by atomic mass is 10.0. The van der Waals surface area contributed by atoms with Gasteiger partial charge in [0.05, 0.1) is 13.7 Å². The van der Waals surface area contributed by atoms with Crippen LogP contribution in [0, 0.1) is 0 Å². The molecule has 2 aromatic carbocycles. The quantitative estimate of drug-likeness (QED) is 0.780. The van der Waals surface area contributed by atoms with Crippen molar-refractivity contribution in [3.05, 3.63) is 48.2 Å². The van der Waals surface area contributed by atoms with E-state index >= 15 is 0 Å². The molecule has 0 fully saturated rings. The van der Waals surface area contributed by atoms with E-state index in [1.54, 1.807) is 7.11 Å². The lowest BCUT2D eigenvalue weighted by molar-refractivity contribution is 0.387. The Bertz CT molecular complexity index is 719. The van der Waals surface area contributed by atoms with Crippen molar-refractivity contribution in [2.75, 3.05) is 7.11 Å². The molecule has 0 spiro atoms. The molecule has 0 unspecified atom stereocenters. The lowest BCUT2D eigenvalue weighted by Crippen LogP contribution is -1.92. The maximum absolute atomic E-state index is 5.52. The summed E-state index contributed by atoms with van der Waals surface area (Å²) in [4.78, 5) is 0. The first-order chi connectivity index (χ1) is 9.30. The summed E-state index contributed by atoms with van der Waals surface area (Å²) in [6, 6.07) is 14.0. The molecule has 0 atom stereocenters. The molecule has 0 saturated heterocycles. The highest BCUT2D eigenvalue weighted by Crippen LogP contribution is 2.26. The topological polar surface area (TPSA) is 61.3 Å². The molecule has 4 nitrogen and oxygen atoms in total. The van der Waals surface area contributed by atoms with Crippen molar-refractivity contribution >= 4 is 10.8 Å². The number of aromatic nitrogens is 1. The SMILES string of the molecule is COc1ccc2cc(-c3cc(CN)on3)ccc2c1. The Labute approximate surface area is 110 Å². The van der Waals surface area contributed by atoms with Crippen LogP contribution in [0.1, 0.15) is 5.76 Å². The largest absolute Gasteiger partial charge is 0.497 e. The first-order valence-corrected chi connectivity index (χ1v) is 6.04. The molecule has 0 aliphatic rings. The number of hydrogen-bond acceptors (Lipinski definition) is 4. The standard InChI is InChI=1S/C15H14N2O2/c1-18-13-5-4-10-6-12(3-2-11(10)7-13)15-8-14(9-16)19-17-15/h2-8H,9,16H2,1H3. The number of nitrogens with zero attached hydrogens (tertiary/aromatic N) is 1. The van der Waals surface area contributed by atoms with E-state index in [9.17, 15) is 0 Å². The molecule has 19 heavy (non-hydrogen) atoms. The van der Waals surface area contributed by atoms with Gasteiger partial charge in [-0.3, -0.25) is 0 Å². The summed E-state index contributed by atoms with van der Waals surface area (Å²) in [6.07, 6.45) is 0. The molecule has 0 saturated carbocycles. The van der Waals surface area contributed by atoms with Crippen molar-refractivity contribution in [2.24, 2.45) is 5.73 Å². The van der Waals surface area contributed by atoms with E-state index in [0.29, 0.717) is 12.3 Å². The second-order valence-corrected chi connectivity index (χ2v) is 4.31. The molecule has 1 heterocycles. The van der Waals surface area contributed by atoms with Crippen LogP contribution in [0.15, 0.2) is 47.0 Å². The fourth-order valence-corrected chi connectivity index (χ4v) is 2.06. The summed E-state index contributed by atoms with van der Waals surface area (Å²) in [6.45, 7) is 0.359. The fraction of sp³-hybridized carbons (Fsp3) is 0.133. The molecule has 0 bridgehead atoms. The maximum atomic E-state index is 5.52. The Morgan fingerprint density at radius 3 is 2.63 bits per heavy atom. The number of fused-ring (bicyclic) bond motifs is 1. The third-order valence-corrected chi connectivity index (χ3v) is 3.10. The average Bonchev–Trinajstić information content (AvgIpc) is 2.95. The van der Waals surface area contributed by atoms with E-state index in [0.717, 1.165) is 27.8 Å². The van der Waals surface area contributed by atoms with E-state index in [2.05, 4.69) is 11.2 Å². The molecule has 3 aromatic rings. The second kappa shape index (κ2) is 4.74. The highest BCUT2D eigenvalue weighted by atomic mass is 16.5. The Morgan fingerprint density at radius 1 is 1.11 bits per heavy atom. The molecule has 4 heteroatoms. The van der Waals surface area contributed by atoms with E-state index in [-0.39, 0.29) is 0 Å². The molecule has 1 aromatic heterocycles. The first-order valence-electron chi connectivity index (χ1n) is 6.04. The lowest BCUT2D eigenvalue weighted by Gasteiger charge is -2.03. The Hall–Kier alpha value is -2.33. The van der Waals surface area contributed by atoms with Gasteiger partial charge in [0.15, 0.2) is 5.76 Å². The number of nitrogens with two attached hydrogens (primary N) is 1. The van der Waals surface area contributed by atoms with Crippen LogP contribution < -0.4 is 10.5 Å². The summed E-state index contributed by atoms with van der Waals surface area (Å²) in [7, 11) is 1.67. The summed E-state index contributed by atoms with van der Waals surface area (Å²) in [5.74, 6) is 1.54. The zero-order valence-corrected chi connectivity index (χ0v) is 10.6. The molecule has 96 valence electrons. The molecule has 0 aliphatic heterocycles. The van der Waals surface area contributed by atoms with Gasteiger partial charge in [-0.2, -0.15) is 0 Å². The second-order valence-electron chi connectivity index (χ2n) is 4.31. The predicted molar refractivity (Wildman–Crippen MR) is 73.9 cm³/mol. The number of benzene rings is 2. The molecular weight excluding hydrogens is 240 g/mol. The van der Waals surface area contributed by atoms with Gasteiger partial charge in [-0.25, -0.2) is 0 Å². The summed E-state index contributed by atoms with van der Waals surface area (Å²) in [5, 5.41) is 6.28. The molecular formula is C15H14N2O2. The smallest absolute Gasteiger partial charge is 0.150 e. The maximum Gasteiger partial charge on any atom is 0.150 e. The van der Waals surface area contributed by atoms with E-state index in [1.165, 1.54) is 0 Å². The summed E-state index contributed by atoms with van der Waals surface area (Å²) in [5.41, 5.74) is 7.33. The number of ether oxygens (including phenoxy) is 1. The molecule has 3 rings (SSSR count). The van der Waals surface area contributed by atoms with Gasteiger partial charge in [0.25, 0.3) is 0 Å². The van der Waals surface area contributed by atoms with E-state index in [1.807, 2.05) is 36.4 Å². The van der Waals surface area contributed by atoms with Gasteiger partial charge < -0.3 is 15.0 Å². The normalized spacial score (nSPS) is 10.8. The van der Waals surface area contributed by atoms with Crippen molar-refractivity contribution in [3.63, 3.8) is 0 Å². The number of hydrogen-bond donors (Lipinski definition) is 1. The van der Waals surface area contributed by atoms with Crippen molar-refractivity contribution < 1.29 is 9.26 Å². The van der Waals surface area contributed by atoms with Gasteiger partial charge >= 0.3 is 0 Å². The van der Waals surface area contributed by atoms with Crippen LogP contribution in [0.2, 0.25) is 0 Å². The minimum atomic E-state index is 0.359. The van der Waals surface area contributed by atoms with Crippen LogP contribution in [0.3, 0.4) is 0 Å². The van der Waals surface area contributed by atoms with Crippen molar-refractivity contribution in [1.82, 2.24) is 5.16 Å². The average molecular weight is 254 g/mol. The van der Waals surface area contributed by atoms with Crippen LogP contribution in [0.5, 0.6) is 5.75 Å².